The summed E-state index contributed by atoms with van der Waals surface area (Å²) in [6.45, 7) is 4.80. The Balaban J connectivity index is 2.00. The highest BCUT2D eigenvalue weighted by Crippen LogP contribution is 2.32. The SMILES string of the molecule is CC1(C)CCC(Cn2cc(S(N)(=O)=O)c3ccccc32)O1. The summed E-state index contributed by atoms with van der Waals surface area (Å²) in [5.74, 6) is 0. The summed E-state index contributed by atoms with van der Waals surface area (Å²) in [4.78, 5) is 0.176. The number of sulfonamides is 1. The molecule has 0 radical (unpaired) electrons. The van der Waals surface area contributed by atoms with Gasteiger partial charge in [0.15, 0.2) is 0 Å². The molecule has 1 fully saturated rings. The molecule has 0 spiro atoms. The molecular weight excluding hydrogens is 288 g/mol. The third-order valence-corrected chi connectivity index (χ3v) is 4.95. The second-order valence-corrected chi connectivity index (χ2v) is 7.78. The highest BCUT2D eigenvalue weighted by atomic mass is 32.2. The Kier molecular flexibility index (Phi) is 3.35. The number of primary sulfonamides is 1. The van der Waals surface area contributed by atoms with E-state index in [0.717, 1.165) is 18.4 Å². The average Bonchev–Trinajstić information content (AvgIpc) is 2.91. The topological polar surface area (TPSA) is 74.3 Å². The molecule has 114 valence electrons. The normalized spacial score (nSPS) is 22.0. The van der Waals surface area contributed by atoms with Crippen LogP contribution in [-0.4, -0.2) is 24.7 Å². The van der Waals surface area contributed by atoms with Crippen LogP contribution in [0.25, 0.3) is 10.9 Å². The first-order valence-corrected chi connectivity index (χ1v) is 8.59. The van der Waals surface area contributed by atoms with Crippen LogP contribution in [0.4, 0.5) is 0 Å². The lowest BCUT2D eigenvalue weighted by Gasteiger charge is -2.19. The zero-order chi connectivity index (χ0) is 15.3. The number of rotatable bonds is 3. The molecule has 1 aromatic heterocycles. The predicted molar refractivity (Wildman–Crippen MR) is 81.5 cm³/mol. The zero-order valence-corrected chi connectivity index (χ0v) is 13.1. The number of aromatic nitrogens is 1. The lowest BCUT2D eigenvalue weighted by molar-refractivity contribution is -0.0212. The molecule has 3 rings (SSSR count). The summed E-state index contributed by atoms with van der Waals surface area (Å²) >= 11 is 0. The molecule has 1 aliphatic rings. The maximum Gasteiger partial charge on any atom is 0.240 e. The van der Waals surface area contributed by atoms with Crippen molar-refractivity contribution in [3.8, 4) is 0 Å². The predicted octanol–water partition coefficient (Wildman–Crippen LogP) is 2.25. The highest BCUT2D eigenvalue weighted by Gasteiger charge is 2.32. The molecule has 6 heteroatoms. The van der Waals surface area contributed by atoms with Crippen molar-refractivity contribution >= 4 is 20.9 Å². The number of ether oxygens (including phenoxy) is 1. The minimum Gasteiger partial charge on any atom is -0.370 e. The average molecular weight is 308 g/mol. The van der Waals surface area contributed by atoms with Gasteiger partial charge in [0.25, 0.3) is 0 Å². The Hall–Kier alpha value is -1.37. The fourth-order valence-electron chi connectivity index (χ4n) is 3.02. The van der Waals surface area contributed by atoms with Crippen molar-refractivity contribution < 1.29 is 13.2 Å². The summed E-state index contributed by atoms with van der Waals surface area (Å²) < 4.78 is 31.4. The first-order chi connectivity index (χ1) is 9.76. The van der Waals surface area contributed by atoms with Gasteiger partial charge < -0.3 is 9.30 Å². The quantitative estimate of drug-likeness (QED) is 0.945. The van der Waals surface area contributed by atoms with Gasteiger partial charge in [0.2, 0.25) is 10.0 Å². The van der Waals surface area contributed by atoms with Crippen LogP contribution < -0.4 is 5.14 Å². The molecule has 2 heterocycles. The van der Waals surface area contributed by atoms with Gasteiger partial charge in [-0.25, -0.2) is 13.6 Å². The summed E-state index contributed by atoms with van der Waals surface area (Å²) in [6.07, 6.45) is 3.71. The summed E-state index contributed by atoms with van der Waals surface area (Å²) in [6, 6.07) is 7.40. The van der Waals surface area contributed by atoms with Gasteiger partial charge in [-0.05, 0) is 32.8 Å². The van der Waals surface area contributed by atoms with E-state index in [1.54, 1.807) is 12.3 Å². The van der Waals surface area contributed by atoms with E-state index < -0.39 is 10.0 Å². The molecule has 21 heavy (non-hydrogen) atoms. The van der Waals surface area contributed by atoms with Crippen LogP contribution >= 0.6 is 0 Å². The van der Waals surface area contributed by atoms with E-state index in [0.29, 0.717) is 11.9 Å². The number of fused-ring (bicyclic) bond motifs is 1. The zero-order valence-electron chi connectivity index (χ0n) is 12.2. The molecule has 1 atom stereocenters. The smallest absolute Gasteiger partial charge is 0.240 e. The Morgan fingerprint density at radius 2 is 2.10 bits per heavy atom. The minimum absolute atomic E-state index is 0.101. The minimum atomic E-state index is -3.73. The molecular formula is C15H20N2O3S. The van der Waals surface area contributed by atoms with Crippen LogP contribution in [0.1, 0.15) is 26.7 Å². The number of benzene rings is 1. The van der Waals surface area contributed by atoms with Crippen molar-refractivity contribution in [2.24, 2.45) is 5.14 Å². The molecule has 1 aliphatic heterocycles. The Morgan fingerprint density at radius 1 is 1.38 bits per heavy atom. The molecule has 0 amide bonds. The third-order valence-electron chi connectivity index (χ3n) is 4.01. The largest absolute Gasteiger partial charge is 0.370 e. The summed E-state index contributed by atoms with van der Waals surface area (Å²) in [7, 11) is -3.73. The van der Waals surface area contributed by atoms with Crippen LogP contribution in [0, 0.1) is 0 Å². The molecule has 0 aliphatic carbocycles. The number of hydrogen-bond acceptors (Lipinski definition) is 3. The standard InChI is InChI=1S/C15H20N2O3S/c1-15(2)8-7-11(20-15)9-17-10-14(21(16,18)19)12-5-3-4-6-13(12)17/h3-6,10-11H,7-9H2,1-2H3,(H2,16,18,19). The van der Waals surface area contributed by atoms with E-state index >= 15 is 0 Å². The molecule has 1 aromatic carbocycles. The van der Waals surface area contributed by atoms with Gasteiger partial charge in [0, 0.05) is 23.6 Å². The van der Waals surface area contributed by atoms with Gasteiger partial charge in [-0.3, -0.25) is 0 Å². The van der Waals surface area contributed by atoms with Crippen molar-refractivity contribution in [2.45, 2.75) is 49.8 Å². The first kappa shape index (κ1) is 14.6. The summed E-state index contributed by atoms with van der Waals surface area (Å²) in [5.41, 5.74) is 0.769. The second kappa shape index (κ2) is 4.83. The van der Waals surface area contributed by atoms with Crippen LogP contribution in [0.2, 0.25) is 0 Å². The first-order valence-electron chi connectivity index (χ1n) is 7.05. The maximum absolute atomic E-state index is 11.7. The van der Waals surface area contributed by atoms with E-state index in [2.05, 4.69) is 13.8 Å². The Labute approximate surface area is 124 Å². The van der Waals surface area contributed by atoms with Gasteiger partial charge in [-0.1, -0.05) is 18.2 Å². The van der Waals surface area contributed by atoms with Crippen LogP contribution in [-0.2, 0) is 21.3 Å². The van der Waals surface area contributed by atoms with Crippen molar-refractivity contribution in [3.05, 3.63) is 30.5 Å². The maximum atomic E-state index is 11.7. The molecule has 2 N–H and O–H groups in total. The molecule has 5 nitrogen and oxygen atoms in total. The van der Waals surface area contributed by atoms with Crippen LogP contribution in [0.15, 0.2) is 35.4 Å². The van der Waals surface area contributed by atoms with E-state index in [9.17, 15) is 8.42 Å². The van der Waals surface area contributed by atoms with Gasteiger partial charge >= 0.3 is 0 Å². The molecule has 0 saturated carbocycles. The lowest BCUT2D eigenvalue weighted by atomic mass is 10.1. The summed E-state index contributed by atoms with van der Waals surface area (Å²) in [5, 5.41) is 5.98. The van der Waals surface area contributed by atoms with Crippen molar-refractivity contribution in [2.75, 3.05) is 0 Å². The number of nitrogens with two attached hydrogens (primary N) is 1. The number of para-hydroxylation sites is 1. The van der Waals surface area contributed by atoms with Gasteiger partial charge in [0.1, 0.15) is 4.90 Å². The van der Waals surface area contributed by atoms with Gasteiger partial charge in [-0.15, -0.1) is 0 Å². The number of nitrogens with zero attached hydrogens (tertiary/aromatic N) is 1. The monoisotopic (exact) mass is 308 g/mol. The fourth-order valence-corrected chi connectivity index (χ4v) is 3.77. The van der Waals surface area contributed by atoms with Gasteiger partial charge in [-0.2, -0.15) is 0 Å². The molecule has 0 bridgehead atoms. The molecule has 1 unspecified atom stereocenters. The molecule has 1 saturated heterocycles. The highest BCUT2D eigenvalue weighted by molar-refractivity contribution is 7.89. The fraction of sp³-hybridized carbons (Fsp3) is 0.467. The Bertz CT molecular complexity index is 777. The van der Waals surface area contributed by atoms with Crippen LogP contribution in [0.5, 0.6) is 0 Å². The van der Waals surface area contributed by atoms with E-state index in [-0.39, 0.29) is 16.6 Å². The third kappa shape index (κ3) is 2.84. The molecule has 2 aromatic rings. The number of hydrogen-bond donors (Lipinski definition) is 1. The van der Waals surface area contributed by atoms with Crippen molar-refractivity contribution in [3.63, 3.8) is 0 Å². The lowest BCUT2D eigenvalue weighted by Crippen LogP contribution is -2.22. The van der Waals surface area contributed by atoms with E-state index in [1.165, 1.54) is 0 Å². The van der Waals surface area contributed by atoms with Crippen molar-refractivity contribution in [1.29, 1.82) is 0 Å². The van der Waals surface area contributed by atoms with Crippen molar-refractivity contribution in [1.82, 2.24) is 4.57 Å². The second-order valence-electron chi connectivity index (χ2n) is 6.25. The van der Waals surface area contributed by atoms with E-state index in [4.69, 9.17) is 9.88 Å². The van der Waals surface area contributed by atoms with Crippen LogP contribution in [0.3, 0.4) is 0 Å². The Morgan fingerprint density at radius 3 is 2.71 bits per heavy atom. The van der Waals surface area contributed by atoms with Gasteiger partial charge in [0.05, 0.1) is 11.7 Å². The van der Waals surface area contributed by atoms with E-state index in [1.807, 2.05) is 22.8 Å².